The Morgan fingerprint density at radius 2 is 0.667 bits per heavy atom. The van der Waals surface area contributed by atoms with Crippen LogP contribution in [0.5, 0.6) is 0 Å². The Balaban J connectivity index is 0.000000179. The number of halogens is 4. The molecule has 0 N–H and O–H groups in total. The van der Waals surface area contributed by atoms with Gasteiger partial charge in [-0.3, -0.25) is 9.59 Å². The van der Waals surface area contributed by atoms with Gasteiger partial charge in [-0.15, -0.1) is 0 Å². The van der Waals surface area contributed by atoms with Crippen LogP contribution in [-0.4, -0.2) is 11.6 Å². The minimum absolute atomic E-state index is 0.103. The number of ketones is 2. The zero-order valence-corrected chi connectivity index (χ0v) is 34.7. The number of rotatable bonds is 2. The van der Waals surface area contributed by atoms with Gasteiger partial charge in [-0.1, -0.05) is 149 Å². The molecule has 0 radical (unpaired) electrons. The van der Waals surface area contributed by atoms with E-state index in [0.29, 0.717) is 22.3 Å². The number of carbonyl (C=O) groups is 2. The van der Waals surface area contributed by atoms with E-state index in [0.717, 1.165) is 17.9 Å². The lowest BCUT2D eigenvalue weighted by atomic mass is 9.84. The van der Waals surface area contributed by atoms with E-state index < -0.39 is 0 Å². The summed E-state index contributed by atoms with van der Waals surface area (Å²) < 4.78 is 3.75. The molecule has 0 amide bonds. The van der Waals surface area contributed by atoms with Crippen molar-refractivity contribution < 1.29 is 9.59 Å². The molecule has 258 valence electrons. The molecule has 10 rings (SSSR count). The van der Waals surface area contributed by atoms with Crippen LogP contribution in [0, 0.1) is 0 Å². The molecule has 1 aliphatic rings. The summed E-state index contributed by atoms with van der Waals surface area (Å²) in [5, 5.41) is 10.0. The van der Waals surface area contributed by atoms with E-state index in [2.05, 4.69) is 185 Å². The monoisotopic (exact) mass is 950 g/mol. The summed E-state index contributed by atoms with van der Waals surface area (Å²) in [5.41, 5.74) is 6.85. The largest absolute Gasteiger partial charge is 0.289 e. The van der Waals surface area contributed by atoms with Crippen LogP contribution >= 0.6 is 63.7 Å². The molecule has 0 aromatic heterocycles. The van der Waals surface area contributed by atoms with Gasteiger partial charge in [-0.25, -0.2) is 0 Å². The molecule has 0 aliphatic heterocycles. The highest BCUT2D eigenvalue weighted by molar-refractivity contribution is 9.11. The summed E-state index contributed by atoms with van der Waals surface area (Å²) >= 11 is 14.2. The second-order valence-corrected chi connectivity index (χ2v) is 17.0. The molecular weight excluding hydrogens is 928 g/mol. The van der Waals surface area contributed by atoms with Crippen LogP contribution in [0.25, 0.3) is 65.3 Å². The second kappa shape index (κ2) is 14.2. The first-order valence-corrected chi connectivity index (χ1v) is 20.4. The predicted molar refractivity (Wildman–Crippen MR) is 238 cm³/mol. The molecule has 0 unspecified atom stereocenters. The minimum atomic E-state index is -0.103. The first-order chi connectivity index (χ1) is 26.2. The molecule has 0 heterocycles. The van der Waals surface area contributed by atoms with Gasteiger partial charge in [0.15, 0.2) is 11.6 Å². The first-order valence-electron chi connectivity index (χ1n) is 17.2. The number of fused-ring (bicyclic) bond motifs is 6. The lowest BCUT2D eigenvalue weighted by Crippen LogP contribution is -2.20. The highest BCUT2D eigenvalue weighted by Crippen LogP contribution is 2.46. The highest BCUT2D eigenvalue weighted by Gasteiger charge is 2.29. The summed E-state index contributed by atoms with van der Waals surface area (Å²) in [6.07, 6.45) is 0. The third-order valence-electron chi connectivity index (χ3n) is 10.1. The molecule has 1 aliphatic carbocycles. The van der Waals surface area contributed by atoms with Crippen molar-refractivity contribution in [3.8, 4) is 22.3 Å². The maximum Gasteiger partial charge on any atom is 0.194 e. The number of benzene rings is 9. The third-order valence-corrected chi connectivity index (χ3v) is 12.0. The maximum atomic E-state index is 12.3. The molecular formula is C48H26Br4O2. The Hall–Kier alpha value is -4.72. The Labute approximate surface area is 345 Å². The van der Waals surface area contributed by atoms with Crippen LogP contribution in [-0.2, 0) is 0 Å². The van der Waals surface area contributed by atoms with E-state index in [4.69, 9.17) is 0 Å². The van der Waals surface area contributed by atoms with E-state index in [1.54, 1.807) is 36.4 Å². The molecule has 0 atom stereocenters. The normalized spacial score (nSPS) is 12.1. The molecule has 9 aromatic rings. The fourth-order valence-corrected chi connectivity index (χ4v) is 9.02. The van der Waals surface area contributed by atoms with Crippen LogP contribution in [0.2, 0.25) is 0 Å². The molecule has 0 saturated heterocycles. The molecule has 2 nitrogen and oxygen atoms in total. The van der Waals surface area contributed by atoms with Crippen molar-refractivity contribution in [1.29, 1.82) is 0 Å². The van der Waals surface area contributed by atoms with E-state index in [-0.39, 0.29) is 11.6 Å². The smallest absolute Gasteiger partial charge is 0.194 e. The summed E-state index contributed by atoms with van der Waals surface area (Å²) in [4.78, 5) is 24.7. The van der Waals surface area contributed by atoms with Crippen molar-refractivity contribution in [3.05, 3.63) is 198 Å². The Morgan fingerprint density at radius 3 is 1.09 bits per heavy atom. The van der Waals surface area contributed by atoms with Crippen molar-refractivity contribution in [2.75, 3.05) is 0 Å². The van der Waals surface area contributed by atoms with Gasteiger partial charge >= 0.3 is 0 Å². The molecule has 54 heavy (non-hydrogen) atoms. The Morgan fingerprint density at radius 1 is 0.296 bits per heavy atom. The minimum Gasteiger partial charge on any atom is -0.289 e. The van der Waals surface area contributed by atoms with Gasteiger partial charge in [-0.05, 0) is 138 Å². The van der Waals surface area contributed by atoms with Crippen molar-refractivity contribution in [1.82, 2.24) is 0 Å². The first kappa shape index (κ1) is 35.0. The van der Waals surface area contributed by atoms with Crippen molar-refractivity contribution in [3.63, 3.8) is 0 Å². The second-order valence-electron chi connectivity index (χ2n) is 13.3. The van der Waals surface area contributed by atoms with E-state index in [9.17, 15) is 9.59 Å². The molecule has 6 heteroatoms. The van der Waals surface area contributed by atoms with E-state index in [1.807, 2.05) is 0 Å². The molecule has 9 aromatic carbocycles. The number of hydrogen-bond acceptors (Lipinski definition) is 2. The molecule has 0 spiro atoms. The van der Waals surface area contributed by atoms with Gasteiger partial charge in [0.1, 0.15) is 0 Å². The average Bonchev–Trinajstić information content (AvgIpc) is 3.19. The Kier molecular flexibility index (Phi) is 9.19. The average molecular weight is 954 g/mol. The quantitative estimate of drug-likeness (QED) is 0.162. The van der Waals surface area contributed by atoms with Crippen LogP contribution in [0.4, 0.5) is 0 Å². The fourth-order valence-electron chi connectivity index (χ4n) is 7.58. The molecule has 0 bridgehead atoms. The number of hydrogen-bond donors (Lipinski definition) is 0. The van der Waals surface area contributed by atoms with Gasteiger partial charge < -0.3 is 0 Å². The van der Waals surface area contributed by atoms with Crippen molar-refractivity contribution >= 4 is 118 Å². The summed E-state index contributed by atoms with van der Waals surface area (Å²) in [6, 6.07) is 54.4. The Bertz CT molecular complexity index is 2830. The molecule has 0 saturated carbocycles. The van der Waals surface area contributed by atoms with Crippen LogP contribution in [0.3, 0.4) is 0 Å². The predicted octanol–water partition coefficient (Wildman–Crippen LogP) is 15.1. The van der Waals surface area contributed by atoms with Gasteiger partial charge in [0.05, 0.1) is 0 Å². The topological polar surface area (TPSA) is 34.1 Å². The summed E-state index contributed by atoms with van der Waals surface area (Å²) in [6.45, 7) is 0. The summed E-state index contributed by atoms with van der Waals surface area (Å²) in [7, 11) is 0. The van der Waals surface area contributed by atoms with Gasteiger partial charge in [0.2, 0.25) is 0 Å². The van der Waals surface area contributed by atoms with Crippen molar-refractivity contribution in [2.45, 2.75) is 0 Å². The SMILES string of the molecule is Brc1ccc2c(-c3ccc4ccccc4c3)c3cc(Br)ccc3c(-c3ccc4ccccc4c3)c2c1.O=C1c2ccc(Br)cc2C(=O)c2ccc(Br)cc21. The fraction of sp³-hybridized carbons (Fsp3) is 0. The lowest BCUT2D eigenvalue weighted by Gasteiger charge is -2.19. The van der Waals surface area contributed by atoms with Gasteiger partial charge in [0, 0.05) is 40.1 Å². The number of carbonyl (C=O) groups excluding carboxylic acids is 2. The summed E-state index contributed by atoms with van der Waals surface area (Å²) in [5.74, 6) is -0.207. The molecule has 0 fully saturated rings. The lowest BCUT2D eigenvalue weighted by molar-refractivity contribution is 0.0979. The zero-order valence-electron chi connectivity index (χ0n) is 28.3. The third kappa shape index (κ3) is 6.25. The van der Waals surface area contributed by atoms with Crippen LogP contribution < -0.4 is 0 Å². The maximum absolute atomic E-state index is 12.3. The van der Waals surface area contributed by atoms with Gasteiger partial charge in [0.25, 0.3) is 0 Å². The van der Waals surface area contributed by atoms with E-state index in [1.165, 1.54) is 65.3 Å². The van der Waals surface area contributed by atoms with Crippen LogP contribution in [0.15, 0.2) is 176 Å². The van der Waals surface area contributed by atoms with E-state index >= 15 is 0 Å². The zero-order chi connectivity index (χ0) is 37.1. The standard InChI is InChI=1S/C34H20Br2.C14H6Br2O2/c35-27-14-16-30-31(19-27)33(25-11-9-21-5-1-3-7-23(21)17-25)29-15-13-28(36)20-32(29)34(30)26-12-10-22-6-2-4-8-24(22)18-26;15-7-1-3-9-11(5-7)14(18)10-4-2-8(16)6-12(10)13(9)17/h1-20H;1-6H. The van der Waals surface area contributed by atoms with Gasteiger partial charge in [-0.2, -0.15) is 0 Å². The van der Waals surface area contributed by atoms with Crippen LogP contribution in [0.1, 0.15) is 31.8 Å². The highest BCUT2D eigenvalue weighted by atomic mass is 79.9. The van der Waals surface area contributed by atoms with Crippen molar-refractivity contribution in [2.24, 2.45) is 0 Å².